The zero-order chi connectivity index (χ0) is 10.1. The number of nitrogens with zero attached hydrogens (tertiary/aromatic N) is 1. The van der Waals surface area contributed by atoms with E-state index in [4.69, 9.17) is 14.0 Å². The maximum absolute atomic E-state index is 10.5. The van der Waals surface area contributed by atoms with Gasteiger partial charge in [-0.3, -0.25) is 0 Å². The number of rotatable bonds is 2. The van der Waals surface area contributed by atoms with Crippen LogP contribution in [0.3, 0.4) is 0 Å². The largest absolute Gasteiger partial charge is 0.475 e. The third-order valence-corrected chi connectivity index (χ3v) is 1.69. The molecule has 0 unspecified atom stereocenters. The summed E-state index contributed by atoms with van der Waals surface area (Å²) in [4.78, 5) is 10.5. The second-order valence-electron chi connectivity index (χ2n) is 2.80. The minimum Gasteiger partial charge on any atom is -0.475 e. The van der Waals surface area contributed by atoms with Crippen LogP contribution in [-0.4, -0.2) is 16.2 Å². The first kappa shape index (κ1) is 8.55. The van der Waals surface area contributed by atoms with Gasteiger partial charge < -0.3 is 14.0 Å². The maximum atomic E-state index is 10.5. The van der Waals surface area contributed by atoms with Crippen LogP contribution in [0.25, 0.3) is 11.5 Å². The van der Waals surface area contributed by atoms with Crippen LogP contribution in [0.4, 0.5) is 0 Å². The Balaban J connectivity index is 2.38. The van der Waals surface area contributed by atoms with Crippen molar-refractivity contribution >= 4 is 5.97 Å². The van der Waals surface area contributed by atoms with E-state index in [2.05, 4.69) is 5.16 Å². The topological polar surface area (TPSA) is 76.5 Å². The van der Waals surface area contributed by atoms with Gasteiger partial charge in [-0.2, -0.15) is 0 Å². The molecule has 2 rings (SSSR count). The molecule has 0 saturated heterocycles. The molecule has 0 aromatic carbocycles. The Bertz CT molecular complexity index is 469. The zero-order valence-corrected chi connectivity index (χ0v) is 7.35. The van der Waals surface area contributed by atoms with Gasteiger partial charge in [0.25, 0.3) is 0 Å². The number of carboxylic acids is 1. The normalized spacial score (nSPS) is 10.4. The lowest BCUT2D eigenvalue weighted by atomic mass is 10.3. The average molecular weight is 193 g/mol. The second-order valence-corrected chi connectivity index (χ2v) is 2.80. The van der Waals surface area contributed by atoms with Crippen molar-refractivity contribution in [2.24, 2.45) is 0 Å². The molecule has 72 valence electrons. The van der Waals surface area contributed by atoms with Crippen molar-refractivity contribution in [3.63, 3.8) is 0 Å². The summed E-state index contributed by atoms with van der Waals surface area (Å²) in [6.45, 7) is 1.77. The summed E-state index contributed by atoms with van der Waals surface area (Å²) in [6.07, 6.45) is 0. The molecule has 5 nitrogen and oxygen atoms in total. The van der Waals surface area contributed by atoms with Crippen molar-refractivity contribution in [3.8, 4) is 11.5 Å². The lowest BCUT2D eigenvalue weighted by molar-refractivity contribution is 0.0663. The lowest BCUT2D eigenvalue weighted by Crippen LogP contribution is -1.91. The molecule has 2 aromatic heterocycles. The summed E-state index contributed by atoms with van der Waals surface area (Å²) in [5, 5.41) is 12.3. The smallest absolute Gasteiger partial charge is 0.371 e. The molecule has 2 heterocycles. The van der Waals surface area contributed by atoms with Crippen molar-refractivity contribution in [2.75, 3.05) is 0 Å². The number of hydrogen-bond acceptors (Lipinski definition) is 4. The van der Waals surface area contributed by atoms with E-state index in [1.54, 1.807) is 13.0 Å². The van der Waals surface area contributed by atoms with E-state index in [1.165, 1.54) is 12.1 Å². The highest BCUT2D eigenvalue weighted by Crippen LogP contribution is 2.22. The SMILES string of the molecule is Cc1cc(-c2ccc(C(=O)O)o2)on1. The number of furan rings is 1. The van der Waals surface area contributed by atoms with Gasteiger partial charge in [0.1, 0.15) is 0 Å². The zero-order valence-electron chi connectivity index (χ0n) is 7.35. The number of carboxylic acid groups (broad SMARTS) is 1. The number of aryl methyl sites for hydroxylation is 1. The van der Waals surface area contributed by atoms with Crippen LogP contribution < -0.4 is 0 Å². The lowest BCUT2D eigenvalue weighted by Gasteiger charge is -1.86. The molecule has 0 atom stereocenters. The first-order valence-corrected chi connectivity index (χ1v) is 3.93. The molecule has 2 aromatic rings. The number of hydrogen-bond donors (Lipinski definition) is 1. The summed E-state index contributed by atoms with van der Waals surface area (Å²) < 4.78 is 9.92. The Kier molecular flexibility index (Phi) is 1.85. The summed E-state index contributed by atoms with van der Waals surface area (Å²) in [7, 11) is 0. The van der Waals surface area contributed by atoms with Crippen molar-refractivity contribution in [1.29, 1.82) is 0 Å². The highest BCUT2D eigenvalue weighted by molar-refractivity contribution is 5.85. The Labute approximate surface area is 78.9 Å². The van der Waals surface area contributed by atoms with E-state index in [-0.39, 0.29) is 5.76 Å². The molecule has 0 aliphatic heterocycles. The maximum Gasteiger partial charge on any atom is 0.371 e. The Morgan fingerprint density at radius 2 is 2.21 bits per heavy atom. The van der Waals surface area contributed by atoms with Crippen molar-refractivity contribution in [2.45, 2.75) is 6.92 Å². The van der Waals surface area contributed by atoms with Gasteiger partial charge in [-0.25, -0.2) is 4.79 Å². The second kappa shape index (κ2) is 3.02. The standard InChI is InChI=1S/C9H7NO4/c1-5-4-8(14-10-5)6-2-3-7(13-6)9(11)12/h2-4H,1H3,(H,11,12). The van der Waals surface area contributed by atoms with Crippen LogP contribution in [-0.2, 0) is 0 Å². The van der Waals surface area contributed by atoms with Crippen LogP contribution in [0.5, 0.6) is 0 Å². The Morgan fingerprint density at radius 1 is 1.43 bits per heavy atom. The minimum absolute atomic E-state index is 0.117. The molecule has 5 heteroatoms. The van der Waals surface area contributed by atoms with Crippen LogP contribution in [0.1, 0.15) is 16.2 Å². The first-order chi connectivity index (χ1) is 6.66. The van der Waals surface area contributed by atoms with Gasteiger partial charge >= 0.3 is 5.97 Å². The predicted octanol–water partition coefficient (Wildman–Crippen LogP) is 1.94. The van der Waals surface area contributed by atoms with Crippen molar-refractivity contribution in [3.05, 3.63) is 29.7 Å². The average Bonchev–Trinajstić information content (AvgIpc) is 2.70. The summed E-state index contributed by atoms with van der Waals surface area (Å²) in [5.74, 6) is -0.431. The molecule has 1 N–H and O–H groups in total. The molecule has 0 amide bonds. The minimum atomic E-state index is -1.10. The van der Waals surface area contributed by atoms with E-state index < -0.39 is 5.97 Å². The van der Waals surface area contributed by atoms with Crippen LogP contribution in [0.15, 0.2) is 27.1 Å². The van der Waals surface area contributed by atoms with Gasteiger partial charge in [0.15, 0.2) is 5.76 Å². The van der Waals surface area contributed by atoms with Gasteiger partial charge in [-0.1, -0.05) is 5.16 Å². The number of aromatic nitrogens is 1. The predicted molar refractivity (Wildman–Crippen MR) is 45.9 cm³/mol. The molecule has 0 fully saturated rings. The molecular formula is C9H7NO4. The van der Waals surface area contributed by atoms with Gasteiger partial charge in [0, 0.05) is 6.07 Å². The molecule has 0 aliphatic rings. The summed E-state index contributed by atoms with van der Waals surface area (Å²) in [6, 6.07) is 4.57. The monoisotopic (exact) mass is 193 g/mol. The first-order valence-electron chi connectivity index (χ1n) is 3.93. The van der Waals surface area contributed by atoms with Gasteiger partial charge in [-0.05, 0) is 19.1 Å². The fraction of sp³-hybridized carbons (Fsp3) is 0.111. The molecule has 0 bridgehead atoms. The van der Waals surface area contributed by atoms with E-state index in [1.807, 2.05) is 0 Å². The molecule has 0 saturated carbocycles. The van der Waals surface area contributed by atoms with Gasteiger partial charge in [0.2, 0.25) is 11.5 Å². The summed E-state index contributed by atoms with van der Waals surface area (Å²) in [5.41, 5.74) is 0.716. The van der Waals surface area contributed by atoms with Gasteiger partial charge in [0.05, 0.1) is 5.69 Å². The third kappa shape index (κ3) is 1.39. The summed E-state index contributed by atoms with van der Waals surface area (Å²) >= 11 is 0. The molecule has 0 aliphatic carbocycles. The highest BCUT2D eigenvalue weighted by Gasteiger charge is 2.13. The van der Waals surface area contributed by atoms with Crippen LogP contribution in [0.2, 0.25) is 0 Å². The van der Waals surface area contributed by atoms with Crippen molar-refractivity contribution in [1.82, 2.24) is 5.16 Å². The van der Waals surface area contributed by atoms with Crippen LogP contribution >= 0.6 is 0 Å². The van der Waals surface area contributed by atoms with Crippen LogP contribution in [0, 0.1) is 6.92 Å². The number of carbonyl (C=O) groups is 1. The number of aromatic carboxylic acids is 1. The fourth-order valence-electron chi connectivity index (χ4n) is 1.06. The van der Waals surface area contributed by atoms with E-state index in [9.17, 15) is 4.79 Å². The Morgan fingerprint density at radius 3 is 2.71 bits per heavy atom. The molecule has 0 radical (unpaired) electrons. The quantitative estimate of drug-likeness (QED) is 0.788. The molecule has 14 heavy (non-hydrogen) atoms. The fourth-order valence-corrected chi connectivity index (χ4v) is 1.06. The van der Waals surface area contributed by atoms with E-state index in [0.717, 1.165) is 0 Å². The van der Waals surface area contributed by atoms with E-state index in [0.29, 0.717) is 17.2 Å². The highest BCUT2D eigenvalue weighted by atomic mass is 16.5. The Hall–Kier alpha value is -2.04. The van der Waals surface area contributed by atoms with E-state index >= 15 is 0 Å². The molecule has 0 spiro atoms. The van der Waals surface area contributed by atoms with Crippen molar-refractivity contribution < 1.29 is 18.8 Å². The third-order valence-electron chi connectivity index (χ3n) is 1.69. The van der Waals surface area contributed by atoms with Gasteiger partial charge in [-0.15, -0.1) is 0 Å². The molecular weight excluding hydrogens is 186 g/mol.